The van der Waals surface area contributed by atoms with Crippen LogP contribution < -0.4 is 0 Å². The summed E-state index contributed by atoms with van der Waals surface area (Å²) >= 11 is 0. The predicted octanol–water partition coefficient (Wildman–Crippen LogP) is 3.25. The summed E-state index contributed by atoms with van der Waals surface area (Å²) in [5.74, 6) is 1.67. The summed E-state index contributed by atoms with van der Waals surface area (Å²) < 4.78 is 2.14. The quantitative estimate of drug-likeness (QED) is 0.836. The average molecular weight is 364 g/mol. The predicted molar refractivity (Wildman–Crippen MR) is 108 cm³/mol. The van der Waals surface area contributed by atoms with Crippen molar-refractivity contribution in [2.24, 2.45) is 0 Å². The molecular formula is C22H28N4O. The van der Waals surface area contributed by atoms with Crippen molar-refractivity contribution in [3.8, 4) is 0 Å². The molecule has 1 aromatic heterocycles. The minimum Gasteiger partial charge on any atom is -0.335 e. The number of carbonyl (C=O) groups is 1. The zero-order valence-electron chi connectivity index (χ0n) is 16.1. The van der Waals surface area contributed by atoms with Gasteiger partial charge in [-0.15, -0.1) is 0 Å². The summed E-state index contributed by atoms with van der Waals surface area (Å²) in [4.78, 5) is 21.9. The Balaban J connectivity index is 1.32. The van der Waals surface area contributed by atoms with Gasteiger partial charge in [0.15, 0.2) is 0 Å². The smallest absolute Gasteiger partial charge is 0.272 e. The number of benzene rings is 1. The van der Waals surface area contributed by atoms with Crippen LogP contribution in [0.15, 0.2) is 42.6 Å². The lowest BCUT2D eigenvalue weighted by molar-refractivity contribution is 0.0638. The molecule has 1 amide bonds. The van der Waals surface area contributed by atoms with Crippen LogP contribution in [0.1, 0.15) is 47.6 Å². The van der Waals surface area contributed by atoms with Crippen LogP contribution in [0.4, 0.5) is 0 Å². The SMILES string of the molecule is CC1CCCn2c(C(=O)N3CCN(CC=Cc4ccccc4)CC3)cnc21. The minimum absolute atomic E-state index is 0.141. The van der Waals surface area contributed by atoms with Crippen LogP contribution in [0.2, 0.25) is 0 Å². The van der Waals surface area contributed by atoms with E-state index in [1.807, 2.05) is 11.0 Å². The molecule has 0 aliphatic carbocycles. The topological polar surface area (TPSA) is 41.4 Å². The highest BCUT2D eigenvalue weighted by atomic mass is 16.2. The normalized spacial score (nSPS) is 20.8. The molecule has 2 aliphatic rings. The Morgan fingerprint density at radius 2 is 1.93 bits per heavy atom. The number of hydrogen-bond donors (Lipinski definition) is 0. The summed E-state index contributed by atoms with van der Waals surface area (Å²) in [6.07, 6.45) is 8.46. The van der Waals surface area contributed by atoms with Crippen LogP contribution in [0.25, 0.3) is 6.08 Å². The van der Waals surface area contributed by atoms with Gasteiger partial charge in [0.25, 0.3) is 5.91 Å². The van der Waals surface area contributed by atoms with Gasteiger partial charge in [0.2, 0.25) is 0 Å². The highest BCUT2D eigenvalue weighted by molar-refractivity contribution is 5.92. The molecule has 0 radical (unpaired) electrons. The van der Waals surface area contributed by atoms with Crippen molar-refractivity contribution in [2.75, 3.05) is 32.7 Å². The molecule has 2 aromatic rings. The van der Waals surface area contributed by atoms with Crippen LogP contribution in [-0.4, -0.2) is 58.0 Å². The molecule has 0 N–H and O–H groups in total. The van der Waals surface area contributed by atoms with Gasteiger partial charge in [-0.05, 0) is 18.4 Å². The Morgan fingerprint density at radius 3 is 2.70 bits per heavy atom. The van der Waals surface area contributed by atoms with Gasteiger partial charge in [0, 0.05) is 45.2 Å². The van der Waals surface area contributed by atoms with E-state index in [4.69, 9.17) is 0 Å². The largest absolute Gasteiger partial charge is 0.335 e. The van der Waals surface area contributed by atoms with Crippen LogP contribution in [0, 0.1) is 0 Å². The van der Waals surface area contributed by atoms with E-state index in [1.165, 1.54) is 12.0 Å². The molecule has 3 heterocycles. The number of nitrogens with zero attached hydrogens (tertiary/aromatic N) is 4. The molecule has 2 aliphatic heterocycles. The summed E-state index contributed by atoms with van der Waals surface area (Å²) in [6.45, 7) is 7.46. The van der Waals surface area contributed by atoms with Crippen molar-refractivity contribution >= 4 is 12.0 Å². The van der Waals surface area contributed by atoms with E-state index in [9.17, 15) is 4.79 Å². The maximum Gasteiger partial charge on any atom is 0.272 e. The van der Waals surface area contributed by atoms with Crippen LogP contribution >= 0.6 is 0 Å². The second-order valence-electron chi connectivity index (χ2n) is 7.60. The fourth-order valence-electron chi connectivity index (χ4n) is 4.07. The molecule has 5 heteroatoms. The third-order valence-corrected chi connectivity index (χ3v) is 5.70. The van der Waals surface area contributed by atoms with Gasteiger partial charge < -0.3 is 9.47 Å². The summed E-state index contributed by atoms with van der Waals surface area (Å²) in [5, 5.41) is 0. The summed E-state index contributed by atoms with van der Waals surface area (Å²) in [7, 11) is 0. The van der Waals surface area contributed by atoms with Crippen molar-refractivity contribution in [3.05, 3.63) is 59.7 Å². The van der Waals surface area contributed by atoms with E-state index < -0.39 is 0 Å². The molecule has 142 valence electrons. The fraction of sp³-hybridized carbons (Fsp3) is 0.455. The molecule has 1 saturated heterocycles. The van der Waals surface area contributed by atoms with Gasteiger partial charge in [-0.25, -0.2) is 4.98 Å². The van der Waals surface area contributed by atoms with Gasteiger partial charge in [-0.3, -0.25) is 9.69 Å². The fourth-order valence-corrected chi connectivity index (χ4v) is 4.07. The molecule has 1 unspecified atom stereocenters. The van der Waals surface area contributed by atoms with Crippen LogP contribution in [0.3, 0.4) is 0 Å². The molecule has 27 heavy (non-hydrogen) atoms. The number of imidazole rings is 1. The van der Waals surface area contributed by atoms with E-state index in [-0.39, 0.29) is 5.91 Å². The molecule has 5 nitrogen and oxygen atoms in total. The number of piperazine rings is 1. The van der Waals surface area contributed by atoms with E-state index in [0.29, 0.717) is 5.92 Å². The lowest BCUT2D eigenvalue weighted by atomic mass is 10.0. The Hall–Kier alpha value is -2.40. The average Bonchev–Trinajstić information content (AvgIpc) is 3.14. The third kappa shape index (κ3) is 3.98. The molecule has 4 rings (SSSR count). The minimum atomic E-state index is 0.141. The van der Waals surface area contributed by atoms with Gasteiger partial charge in [-0.2, -0.15) is 0 Å². The van der Waals surface area contributed by atoms with Gasteiger partial charge in [0.05, 0.1) is 6.20 Å². The Morgan fingerprint density at radius 1 is 1.15 bits per heavy atom. The van der Waals surface area contributed by atoms with E-state index in [2.05, 4.69) is 57.8 Å². The van der Waals surface area contributed by atoms with Gasteiger partial charge >= 0.3 is 0 Å². The summed E-state index contributed by atoms with van der Waals surface area (Å²) in [6, 6.07) is 10.4. The second-order valence-corrected chi connectivity index (χ2v) is 7.60. The number of rotatable bonds is 4. The molecule has 0 saturated carbocycles. The van der Waals surface area contributed by atoms with Crippen molar-refractivity contribution in [2.45, 2.75) is 32.2 Å². The highest BCUT2D eigenvalue weighted by Gasteiger charge is 2.28. The molecule has 1 atom stereocenters. The highest BCUT2D eigenvalue weighted by Crippen LogP contribution is 2.27. The van der Waals surface area contributed by atoms with Crippen molar-refractivity contribution in [1.29, 1.82) is 0 Å². The van der Waals surface area contributed by atoms with E-state index in [1.54, 1.807) is 6.20 Å². The Bertz CT molecular complexity index is 803. The second kappa shape index (κ2) is 8.09. The maximum absolute atomic E-state index is 13.0. The van der Waals surface area contributed by atoms with Crippen molar-refractivity contribution in [3.63, 3.8) is 0 Å². The zero-order valence-corrected chi connectivity index (χ0v) is 16.1. The van der Waals surface area contributed by atoms with Crippen LogP contribution in [-0.2, 0) is 6.54 Å². The van der Waals surface area contributed by atoms with E-state index in [0.717, 1.165) is 57.2 Å². The molecular weight excluding hydrogens is 336 g/mol. The van der Waals surface area contributed by atoms with Crippen molar-refractivity contribution < 1.29 is 4.79 Å². The number of hydrogen-bond acceptors (Lipinski definition) is 3. The van der Waals surface area contributed by atoms with Gasteiger partial charge in [0.1, 0.15) is 11.5 Å². The number of aromatic nitrogens is 2. The number of fused-ring (bicyclic) bond motifs is 1. The first kappa shape index (κ1) is 18.0. The zero-order chi connectivity index (χ0) is 18.6. The third-order valence-electron chi connectivity index (χ3n) is 5.70. The number of amides is 1. The lowest BCUT2D eigenvalue weighted by Crippen LogP contribution is -2.49. The molecule has 0 spiro atoms. The van der Waals surface area contributed by atoms with Gasteiger partial charge in [-0.1, -0.05) is 49.4 Å². The molecule has 0 bridgehead atoms. The van der Waals surface area contributed by atoms with Crippen molar-refractivity contribution in [1.82, 2.24) is 19.4 Å². The molecule has 1 aromatic carbocycles. The number of carbonyl (C=O) groups excluding carboxylic acids is 1. The first-order valence-electron chi connectivity index (χ1n) is 10.0. The Kier molecular flexibility index (Phi) is 5.39. The Labute approximate surface area is 161 Å². The van der Waals surface area contributed by atoms with Crippen LogP contribution in [0.5, 0.6) is 0 Å². The lowest BCUT2D eigenvalue weighted by Gasteiger charge is -2.34. The van der Waals surface area contributed by atoms with E-state index >= 15 is 0 Å². The summed E-state index contributed by atoms with van der Waals surface area (Å²) in [5.41, 5.74) is 2.00. The first-order valence-corrected chi connectivity index (χ1v) is 10.0. The maximum atomic E-state index is 13.0. The first-order chi connectivity index (χ1) is 13.2. The standard InChI is InChI=1S/C22H28N4O/c1-18-7-5-12-26-20(17-23-21(18)26)22(27)25-15-13-24(14-16-25)11-6-10-19-8-3-2-4-9-19/h2-4,6,8-10,17-18H,5,7,11-16H2,1H3. The molecule has 1 fully saturated rings. The monoisotopic (exact) mass is 364 g/mol.